The molecule has 2 rings (SSSR count). The summed E-state index contributed by atoms with van der Waals surface area (Å²) in [5, 5.41) is 17.0. The van der Waals surface area contributed by atoms with Crippen molar-refractivity contribution in [3.05, 3.63) is 70.2 Å². The molecule has 0 bridgehead atoms. The summed E-state index contributed by atoms with van der Waals surface area (Å²) in [6.45, 7) is 4.49. The topological polar surface area (TPSA) is 56.7 Å². The van der Waals surface area contributed by atoms with Gasteiger partial charge in [-0.25, -0.2) is 8.78 Å². The molecule has 0 aliphatic rings. The molecule has 3 N–H and O–H groups in total. The molecule has 0 radical (unpaired) electrons. The van der Waals surface area contributed by atoms with Crippen molar-refractivity contribution in [2.24, 2.45) is 4.99 Å². The van der Waals surface area contributed by atoms with Crippen LogP contribution in [0.5, 0.6) is 0 Å². The largest absolute Gasteiger partial charge is 0.386 e. The molecule has 2 aromatic carbocycles. The van der Waals surface area contributed by atoms with Crippen LogP contribution in [0, 0.1) is 11.6 Å². The van der Waals surface area contributed by atoms with Gasteiger partial charge in [-0.3, -0.25) is 4.99 Å². The SMILES string of the molecule is CCNC(=NCC(O)c1ccc(Cl)cc1)NC(C)c1ccc(F)c(F)c1. The molecule has 7 heteroatoms. The van der Waals surface area contributed by atoms with E-state index >= 15 is 0 Å². The number of benzene rings is 2. The number of halogens is 3. The zero-order chi connectivity index (χ0) is 19.1. The summed E-state index contributed by atoms with van der Waals surface area (Å²) in [5.74, 6) is -1.30. The molecule has 0 heterocycles. The molecule has 0 fully saturated rings. The Morgan fingerprint density at radius 3 is 2.38 bits per heavy atom. The average Bonchev–Trinajstić information content (AvgIpc) is 2.62. The number of nitrogens with zero attached hydrogens (tertiary/aromatic N) is 1. The van der Waals surface area contributed by atoms with E-state index in [9.17, 15) is 13.9 Å². The number of aliphatic hydroxyl groups is 1. The number of nitrogens with one attached hydrogen (secondary N) is 2. The second kappa shape index (κ2) is 9.50. The molecule has 26 heavy (non-hydrogen) atoms. The average molecular weight is 382 g/mol. The molecule has 0 spiro atoms. The highest BCUT2D eigenvalue weighted by Gasteiger charge is 2.12. The van der Waals surface area contributed by atoms with Crippen molar-refractivity contribution in [3.8, 4) is 0 Å². The number of rotatable bonds is 6. The van der Waals surface area contributed by atoms with Crippen molar-refractivity contribution in [1.82, 2.24) is 10.6 Å². The molecular weight excluding hydrogens is 360 g/mol. The van der Waals surface area contributed by atoms with Gasteiger partial charge in [-0.15, -0.1) is 0 Å². The van der Waals surface area contributed by atoms with E-state index in [0.29, 0.717) is 28.7 Å². The summed E-state index contributed by atoms with van der Waals surface area (Å²) in [6, 6.07) is 10.4. The number of hydrogen-bond donors (Lipinski definition) is 3. The van der Waals surface area contributed by atoms with E-state index < -0.39 is 17.7 Å². The Balaban J connectivity index is 2.05. The molecule has 2 unspecified atom stereocenters. The first kappa shape index (κ1) is 20.1. The highest BCUT2D eigenvalue weighted by atomic mass is 35.5. The lowest BCUT2D eigenvalue weighted by atomic mass is 10.1. The molecule has 2 aromatic rings. The van der Waals surface area contributed by atoms with Gasteiger partial charge < -0.3 is 15.7 Å². The van der Waals surface area contributed by atoms with Gasteiger partial charge in [0.1, 0.15) is 0 Å². The molecule has 0 amide bonds. The fraction of sp³-hybridized carbons (Fsp3) is 0.316. The molecule has 2 atom stereocenters. The number of guanidine groups is 1. The summed E-state index contributed by atoms with van der Waals surface area (Å²) >= 11 is 5.84. The van der Waals surface area contributed by atoms with Crippen molar-refractivity contribution < 1.29 is 13.9 Å². The van der Waals surface area contributed by atoms with E-state index in [1.54, 1.807) is 24.3 Å². The molecule has 0 saturated heterocycles. The Hall–Kier alpha value is -2.18. The van der Waals surface area contributed by atoms with Crippen LogP contribution in [0.2, 0.25) is 5.02 Å². The van der Waals surface area contributed by atoms with Crippen LogP contribution in [0.4, 0.5) is 8.78 Å². The van der Waals surface area contributed by atoms with E-state index in [-0.39, 0.29) is 12.6 Å². The van der Waals surface area contributed by atoms with Gasteiger partial charge in [-0.2, -0.15) is 0 Å². The number of aliphatic hydroxyl groups excluding tert-OH is 1. The van der Waals surface area contributed by atoms with Gasteiger partial charge in [0.2, 0.25) is 0 Å². The van der Waals surface area contributed by atoms with Crippen molar-refractivity contribution in [2.75, 3.05) is 13.1 Å². The predicted octanol–water partition coefficient (Wildman–Crippen LogP) is 3.97. The smallest absolute Gasteiger partial charge is 0.191 e. The first-order valence-electron chi connectivity index (χ1n) is 8.34. The normalized spacial score (nSPS) is 14.0. The molecule has 0 aliphatic carbocycles. The van der Waals surface area contributed by atoms with Gasteiger partial charge >= 0.3 is 0 Å². The van der Waals surface area contributed by atoms with Crippen LogP contribution < -0.4 is 10.6 Å². The third kappa shape index (κ3) is 5.68. The lowest BCUT2D eigenvalue weighted by molar-refractivity contribution is 0.187. The highest BCUT2D eigenvalue weighted by Crippen LogP contribution is 2.18. The fourth-order valence-electron chi connectivity index (χ4n) is 2.36. The number of hydrogen-bond acceptors (Lipinski definition) is 2. The first-order chi connectivity index (χ1) is 12.4. The predicted molar refractivity (Wildman–Crippen MR) is 100 cm³/mol. The molecule has 0 aliphatic heterocycles. The van der Waals surface area contributed by atoms with Crippen molar-refractivity contribution in [1.29, 1.82) is 0 Å². The number of aliphatic imine (C=N–C) groups is 1. The first-order valence-corrected chi connectivity index (χ1v) is 8.71. The minimum atomic E-state index is -0.892. The third-order valence-electron chi connectivity index (χ3n) is 3.82. The molecule has 0 saturated carbocycles. The van der Waals surface area contributed by atoms with E-state index in [2.05, 4.69) is 15.6 Å². The van der Waals surface area contributed by atoms with Gasteiger partial charge in [-0.05, 0) is 49.2 Å². The molecule has 140 valence electrons. The van der Waals surface area contributed by atoms with E-state index in [4.69, 9.17) is 11.6 Å². The monoisotopic (exact) mass is 381 g/mol. The lowest BCUT2D eigenvalue weighted by Crippen LogP contribution is -2.39. The summed E-state index contributed by atoms with van der Waals surface area (Å²) in [7, 11) is 0. The van der Waals surface area contributed by atoms with Crippen molar-refractivity contribution in [3.63, 3.8) is 0 Å². The van der Waals surface area contributed by atoms with Gasteiger partial charge in [0.15, 0.2) is 17.6 Å². The zero-order valence-corrected chi connectivity index (χ0v) is 15.4. The van der Waals surface area contributed by atoms with Crippen molar-refractivity contribution in [2.45, 2.75) is 26.0 Å². The summed E-state index contributed by atoms with van der Waals surface area (Å²) in [4.78, 5) is 4.36. The van der Waals surface area contributed by atoms with Crippen LogP contribution in [0.25, 0.3) is 0 Å². The molecular formula is C19H22ClF2N3O. The van der Waals surface area contributed by atoms with Gasteiger partial charge in [-0.1, -0.05) is 29.8 Å². The Morgan fingerprint density at radius 1 is 1.12 bits per heavy atom. The van der Waals surface area contributed by atoms with Crippen molar-refractivity contribution >= 4 is 17.6 Å². The lowest BCUT2D eigenvalue weighted by Gasteiger charge is -2.19. The summed E-state index contributed by atoms with van der Waals surface area (Å²) < 4.78 is 26.5. The second-order valence-electron chi connectivity index (χ2n) is 5.83. The van der Waals surface area contributed by atoms with Crippen LogP contribution in [-0.2, 0) is 0 Å². The quantitative estimate of drug-likeness (QED) is 0.524. The van der Waals surface area contributed by atoms with Crippen LogP contribution in [0.3, 0.4) is 0 Å². The highest BCUT2D eigenvalue weighted by molar-refractivity contribution is 6.30. The van der Waals surface area contributed by atoms with Crippen LogP contribution in [-0.4, -0.2) is 24.2 Å². The van der Waals surface area contributed by atoms with Crippen LogP contribution >= 0.6 is 11.6 Å². The van der Waals surface area contributed by atoms with Gasteiger partial charge in [0.05, 0.1) is 18.7 Å². The molecule has 4 nitrogen and oxygen atoms in total. The maximum atomic E-state index is 13.4. The third-order valence-corrected chi connectivity index (χ3v) is 4.07. The van der Waals surface area contributed by atoms with E-state index in [1.807, 2.05) is 13.8 Å². The van der Waals surface area contributed by atoms with Crippen LogP contribution in [0.1, 0.15) is 37.1 Å². The van der Waals surface area contributed by atoms with Crippen LogP contribution in [0.15, 0.2) is 47.5 Å². The van der Waals surface area contributed by atoms with E-state index in [1.165, 1.54) is 6.07 Å². The Bertz CT molecular complexity index is 753. The minimum absolute atomic E-state index is 0.140. The maximum Gasteiger partial charge on any atom is 0.191 e. The Labute approximate surface area is 156 Å². The Morgan fingerprint density at radius 2 is 1.77 bits per heavy atom. The van der Waals surface area contributed by atoms with Gasteiger partial charge in [0.25, 0.3) is 0 Å². The zero-order valence-electron chi connectivity index (χ0n) is 14.6. The fourth-order valence-corrected chi connectivity index (χ4v) is 2.48. The second-order valence-corrected chi connectivity index (χ2v) is 6.26. The minimum Gasteiger partial charge on any atom is -0.386 e. The maximum absolute atomic E-state index is 13.4. The summed E-state index contributed by atoms with van der Waals surface area (Å²) in [5.41, 5.74) is 1.30. The standard InChI is InChI=1S/C19H22ClF2N3O/c1-3-23-19(24-11-18(26)13-4-7-15(20)8-5-13)25-12(2)14-6-9-16(21)17(22)10-14/h4-10,12,18,26H,3,11H2,1-2H3,(H2,23,24,25). The summed E-state index contributed by atoms with van der Waals surface area (Å²) in [6.07, 6.45) is -0.777. The van der Waals surface area contributed by atoms with E-state index in [0.717, 1.165) is 12.1 Å². The van der Waals surface area contributed by atoms with Gasteiger partial charge in [0, 0.05) is 11.6 Å². The molecule has 0 aromatic heterocycles. The Kier molecular flexibility index (Phi) is 7.36.